The van der Waals surface area contributed by atoms with E-state index in [2.05, 4.69) is 38.7 Å². The second kappa shape index (κ2) is 4.70. The number of aromatic nitrogens is 2. The van der Waals surface area contributed by atoms with Gasteiger partial charge in [0.2, 0.25) is 5.95 Å². The van der Waals surface area contributed by atoms with Gasteiger partial charge in [-0.15, -0.1) is 11.3 Å². The third kappa shape index (κ3) is 1.91. The predicted molar refractivity (Wildman–Crippen MR) is 74.6 cm³/mol. The Kier molecular flexibility index (Phi) is 3.05. The lowest BCUT2D eigenvalue weighted by molar-refractivity contribution is 0.193. The highest BCUT2D eigenvalue weighted by molar-refractivity contribution is 7.16. The Morgan fingerprint density at radius 3 is 3.11 bits per heavy atom. The summed E-state index contributed by atoms with van der Waals surface area (Å²) in [5.41, 5.74) is 0. The van der Waals surface area contributed by atoms with Crippen LogP contribution in [-0.2, 0) is 4.74 Å². The summed E-state index contributed by atoms with van der Waals surface area (Å²) in [6.07, 6.45) is 1.06. The number of thiophene rings is 1. The van der Waals surface area contributed by atoms with Crippen LogP contribution in [0, 0.1) is 0 Å². The van der Waals surface area contributed by atoms with Crippen molar-refractivity contribution in [3.8, 4) is 0 Å². The molecular formula is C12H16N4OS. The van der Waals surface area contributed by atoms with Crippen molar-refractivity contribution in [3.63, 3.8) is 0 Å². The van der Waals surface area contributed by atoms with E-state index in [1.54, 1.807) is 11.3 Å². The Bertz CT molecular complexity index is 550. The van der Waals surface area contributed by atoms with Gasteiger partial charge in [0.15, 0.2) is 0 Å². The fourth-order valence-corrected chi connectivity index (χ4v) is 2.98. The van der Waals surface area contributed by atoms with Gasteiger partial charge in [0.1, 0.15) is 10.6 Å². The van der Waals surface area contributed by atoms with Crippen molar-refractivity contribution >= 4 is 33.3 Å². The monoisotopic (exact) mass is 264 g/mol. The first-order valence-electron chi connectivity index (χ1n) is 6.03. The van der Waals surface area contributed by atoms with Crippen LogP contribution in [0.3, 0.4) is 0 Å². The van der Waals surface area contributed by atoms with E-state index in [0.717, 1.165) is 35.7 Å². The molecule has 0 spiro atoms. The molecule has 0 aromatic carbocycles. The molecule has 1 aliphatic rings. The third-order valence-corrected chi connectivity index (χ3v) is 4.12. The SMILES string of the molecule is CNc1nc(N(C)C2CCOC2)c2ccsc2n1. The lowest BCUT2D eigenvalue weighted by Crippen LogP contribution is -2.32. The minimum atomic E-state index is 0.410. The number of hydrogen-bond acceptors (Lipinski definition) is 6. The van der Waals surface area contributed by atoms with Crippen LogP contribution in [0.25, 0.3) is 10.2 Å². The summed E-state index contributed by atoms with van der Waals surface area (Å²) in [4.78, 5) is 12.3. The average Bonchev–Trinajstić information content (AvgIpc) is 3.07. The normalized spacial score (nSPS) is 19.3. The number of fused-ring (bicyclic) bond motifs is 1. The molecule has 1 fully saturated rings. The highest BCUT2D eigenvalue weighted by Gasteiger charge is 2.23. The second-order valence-corrected chi connectivity index (χ2v) is 5.28. The molecule has 6 heteroatoms. The summed E-state index contributed by atoms with van der Waals surface area (Å²) in [6, 6.07) is 2.49. The standard InChI is InChI=1S/C12H16N4OS/c1-13-12-14-10(9-4-6-18-11(9)15-12)16(2)8-3-5-17-7-8/h4,6,8H,3,5,7H2,1-2H3,(H,13,14,15). The molecular weight excluding hydrogens is 248 g/mol. The van der Waals surface area contributed by atoms with E-state index in [9.17, 15) is 0 Å². The minimum Gasteiger partial charge on any atom is -0.379 e. The van der Waals surface area contributed by atoms with Crippen LogP contribution in [0.4, 0.5) is 11.8 Å². The minimum absolute atomic E-state index is 0.410. The topological polar surface area (TPSA) is 50.3 Å². The molecule has 0 saturated carbocycles. The molecule has 96 valence electrons. The lowest BCUT2D eigenvalue weighted by Gasteiger charge is -2.25. The Balaban J connectivity index is 2.05. The van der Waals surface area contributed by atoms with Gasteiger partial charge in [0.05, 0.1) is 18.0 Å². The van der Waals surface area contributed by atoms with Crippen LogP contribution in [0.5, 0.6) is 0 Å². The molecule has 2 aromatic heterocycles. The zero-order chi connectivity index (χ0) is 12.5. The molecule has 0 aliphatic carbocycles. The highest BCUT2D eigenvalue weighted by Crippen LogP contribution is 2.30. The van der Waals surface area contributed by atoms with Crippen molar-refractivity contribution < 1.29 is 4.74 Å². The van der Waals surface area contributed by atoms with Gasteiger partial charge in [-0.1, -0.05) is 0 Å². The highest BCUT2D eigenvalue weighted by atomic mass is 32.1. The maximum absolute atomic E-state index is 5.45. The van der Waals surface area contributed by atoms with E-state index >= 15 is 0 Å². The van der Waals surface area contributed by atoms with E-state index < -0.39 is 0 Å². The maximum atomic E-state index is 5.45. The van der Waals surface area contributed by atoms with E-state index in [1.807, 2.05) is 7.05 Å². The van der Waals surface area contributed by atoms with Gasteiger partial charge in [-0.05, 0) is 17.9 Å². The van der Waals surface area contributed by atoms with Crippen molar-refractivity contribution in [2.45, 2.75) is 12.5 Å². The molecule has 2 aromatic rings. The summed E-state index contributed by atoms with van der Waals surface area (Å²) in [5.74, 6) is 1.66. The van der Waals surface area contributed by atoms with Crippen LogP contribution in [0.15, 0.2) is 11.4 Å². The Morgan fingerprint density at radius 2 is 2.39 bits per heavy atom. The molecule has 1 aliphatic heterocycles. The predicted octanol–water partition coefficient (Wildman–Crippen LogP) is 1.96. The van der Waals surface area contributed by atoms with Crippen molar-refractivity contribution in [1.82, 2.24) is 9.97 Å². The summed E-state index contributed by atoms with van der Waals surface area (Å²) < 4.78 is 5.45. The van der Waals surface area contributed by atoms with Crippen molar-refractivity contribution in [2.75, 3.05) is 37.5 Å². The molecule has 3 heterocycles. The van der Waals surface area contributed by atoms with Crippen molar-refractivity contribution in [1.29, 1.82) is 0 Å². The number of rotatable bonds is 3. The first-order valence-corrected chi connectivity index (χ1v) is 6.91. The summed E-state index contributed by atoms with van der Waals surface area (Å²) >= 11 is 1.64. The van der Waals surface area contributed by atoms with Crippen molar-refractivity contribution in [3.05, 3.63) is 11.4 Å². The van der Waals surface area contributed by atoms with E-state index in [0.29, 0.717) is 12.0 Å². The Labute approximate surface area is 110 Å². The smallest absolute Gasteiger partial charge is 0.225 e. The average molecular weight is 264 g/mol. The first-order chi connectivity index (χ1) is 8.79. The van der Waals surface area contributed by atoms with Gasteiger partial charge < -0.3 is 15.0 Å². The fourth-order valence-electron chi connectivity index (χ4n) is 2.22. The molecule has 3 rings (SSSR count). The maximum Gasteiger partial charge on any atom is 0.225 e. The van der Waals surface area contributed by atoms with Crippen molar-refractivity contribution in [2.24, 2.45) is 0 Å². The molecule has 5 nitrogen and oxygen atoms in total. The fraction of sp³-hybridized carbons (Fsp3) is 0.500. The second-order valence-electron chi connectivity index (χ2n) is 4.39. The van der Waals surface area contributed by atoms with Gasteiger partial charge in [0, 0.05) is 20.7 Å². The summed E-state index contributed by atoms with van der Waals surface area (Å²) in [7, 11) is 3.93. The summed E-state index contributed by atoms with van der Waals surface area (Å²) in [6.45, 7) is 1.62. The number of ether oxygens (including phenoxy) is 1. The number of nitrogens with zero attached hydrogens (tertiary/aromatic N) is 3. The molecule has 1 saturated heterocycles. The third-order valence-electron chi connectivity index (χ3n) is 3.32. The van der Waals surface area contributed by atoms with Crippen LogP contribution in [0.1, 0.15) is 6.42 Å². The molecule has 1 atom stereocenters. The zero-order valence-electron chi connectivity index (χ0n) is 10.5. The Morgan fingerprint density at radius 1 is 1.50 bits per heavy atom. The Hall–Kier alpha value is -1.40. The number of nitrogens with one attached hydrogen (secondary N) is 1. The number of hydrogen-bond donors (Lipinski definition) is 1. The molecule has 1 N–H and O–H groups in total. The molecule has 0 radical (unpaired) electrons. The molecule has 1 unspecified atom stereocenters. The first kappa shape index (κ1) is 11.7. The van der Waals surface area contributed by atoms with E-state index in [-0.39, 0.29) is 0 Å². The van der Waals surface area contributed by atoms with E-state index in [1.165, 1.54) is 0 Å². The largest absolute Gasteiger partial charge is 0.379 e. The van der Waals surface area contributed by atoms with Gasteiger partial charge in [-0.2, -0.15) is 4.98 Å². The zero-order valence-corrected chi connectivity index (χ0v) is 11.3. The van der Waals surface area contributed by atoms with Crippen LogP contribution in [-0.4, -0.2) is 43.3 Å². The van der Waals surface area contributed by atoms with Gasteiger partial charge >= 0.3 is 0 Å². The molecule has 0 bridgehead atoms. The number of likely N-dealkylation sites (N-methyl/N-ethyl adjacent to an activating group) is 1. The van der Waals surface area contributed by atoms with Gasteiger partial charge in [-0.3, -0.25) is 0 Å². The lowest BCUT2D eigenvalue weighted by atomic mass is 10.2. The van der Waals surface area contributed by atoms with Gasteiger partial charge in [0.25, 0.3) is 0 Å². The van der Waals surface area contributed by atoms with Crippen LogP contribution < -0.4 is 10.2 Å². The van der Waals surface area contributed by atoms with Gasteiger partial charge in [-0.25, -0.2) is 4.98 Å². The molecule has 18 heavy (non-hydrogen) atoms. The van der Waals surface area contributed by atoms with E-state index in [4.69, 9.17) is 4.74 Å². The van der Waals surface area contributed by atoms with Crippen LogP contribution in [0.2, 0.25) is 0 Å². The molecule has 0 amide bonds. The number of anilines is 2. The van der Waals surface area contributed by atoms with Crippen LogP contribution >= 0.6 is 11.3 Å². The quantitative estimate of drug-likeness (QED) is 0.918. The summed E-state index contributed by atoms with van der Waals surface area (Å²) in [5, 5.41) is 6.20.